The van der Waals surface area contributed by atoms with Gasteiger partial charge in [-0.3, -0.25) is 4.79 Å². The molecule has 19 heavy (non-hydrogen) atoms. The normalized spacial score (nSPS) is 11.3. The van der Waals surface area contributed by atoms with Crippen molar-refractivity contribution in [3.05, 3.63) is 0 Å². The molecule has 0 aliphatic heterocycles. The van der Waals surface area contributed by atoms with E-state index < -0.39 is 5.41 Å². The molecule has 112 valence electrons. The molecule has 0 fully saturated rings. The van der Waals surface area contributed by atoms with E-state index in [9.17, 15) is 4.79 Å². The third-order valence-corrected chi connectivity index (χ3v) is 3.61. The van der Waals surface area contributed by atoms with Crippen molar-refractivity contribution in [2.75, 3.05) is 19.8 Å². The summed E-state index contributed by atoms with van der Waals surface area (Å²) in [5.41, 5.74) is 5.17. The van der Waals surface area contributed by atoms with Crippen LogP contribution in [0.25, 0.3) is 0 Å². The van der Waals surface area contributed by atoms with E-state index in [1.54, 1.807) is 0 Å². The van der Waals surface area contributed by atoms with Gasteiger partial charge in [0.2, 0.25) is 5.91 Å². The first-order valence-corrected chi connectivity index (χ1v) is 7.61. The van der Waals surface area contributed by atoms with Gasteiger partial charge < -0.3 is 15.8 Å². The van der Waals surface area contributed by atoms with Gasteiger partial charge in [0.05, 0.1) is 10.4 Å². The minimum absolute atomic E-state index is 0.0276. The fraction of sp³-hybridized carbons (Fsp3) is 0.857. The molecule has 0 aliphatic rings. The molecule has 0 bridgehead atoms. The number of carbonyl (C=O) groups excluding carboxylic acids is 1. The van der Waals surface area contributed by atoms with Crippen LogP contribution in [0.4, 0.5) is 0 Å². The number of carbonyl (C=O) groups is 1. The van der Waals surface area contributed by atoms with E-state index in [2.05, 4.69) is 5.32 Å². The molecule has 0 atom stereocenters. The van der Waals surface area contributed by atoms with Gasteiger partial charge >= 0.3 is 0 Å². The molecule has 0 spiro atoms. The molecule has 0 saturated heterocycles. The van der Waals surface area contributed by atoms with Crippen LogP contribution < -0.4 is 11.1 Å². The molecule has 0 aromatic carbocycles. The zero-order valence-corrected chi connectivity index (χ0v) is 13.3. The van der Waals surface area contributed by atoms with Crippen LogP contribution in [0.2, 0.25) is 0 Å². The fourth-order valence-corrected chi connectivity index (χ4v) is 2.55. The van der Waals surface area contributed by atoms with Gasteiger partial charge in [-0.15, -0.1) is 0 Å². The van der Waals surface area contributed by atoms with Crippen LogP contribution in [-0.4, -0.2) is 30.7 Å². The summed E-state index contributed by atoms with van der Waals surface area (Å²) < 4.78 is 5.24. The molecule has 0 radical (unpaired) electrons. The minimum Gasteiger partial charge on any atom is -0.392 e. The van der Waals surface area contributed by atoms with Gasteiger partial charge in [-0.2, -0.15) is 0 Å². The number of nitrogens with one attached hydrogen (secondary N) is 1. The molecular weight excluding hydrogens is 260 g/mol. The Morgan fingerprint density at radius 2 is 1.84 bits per heavy atom. The first kappa shape index (κ1) is 18.3. The lowest BCUT2D eigenvalue weighted by atomic mass is 9.78. The number of thiocarbonyl (C=S) groups is 1. The summed E-state index contributed by atoms with van der Waals surface area (Å²) >= 11 is 5.15. The van der Waals surface area contributed by atoms with Crippen molar-refractivity contribution >= 4 is 23.1 Å². The van der Waals surface area contributed by atoms with E-state index in [1.165, 1.54) is 0 Å². The minimum atomic E-state index is -0.676. The molecule has 0 rings (SSSR count). The number of nitrogens with two attached hydrogens (primary N) is 1. The van der Waals surface area contributed by atoms with Crippen molar-refractivity contribution in [2.24, 2.45) is 11.1 Å². The predicted octanol–water partition coefficient (Wildman–Crippen LogP) is 2.40. The highest BCUT2D eigenvalue weighted by Gasteiger charge is 2.39. The zero-order valence-electron chi connectivity index (χ0n) is 12.5. The molecule has 0 heterocycles. The van der Waals surface area contributed by atoms with Gasteiger partial charge in [0.15, 0.2) is 0 Å². The van der Waals surface area contributed by atoms with E-state index in [-0.39, 0.29) is 5.91 Å². The molecule has 0 aromatic rings. The summed E-state index contributed by atoms with van der Waals surface area (Å²) in [6.45, 7) is 8.03. The van der Waals surface area contributed by atoms with Crippen molar-refractivity contribution in [3.8, 4) is 0 Å². The second-order valence-electron chi connectivity index (χ2n) is 4.75. The van der Waals surface area contributed by atoms with Crippen molar-refractivity contribution in [2.45, 2.75) is 52.9 Å². The van der Waals surface area contributed by atoms with Crippen molar-refractivity contribution in [3.63, 3.8) is 0 Å². The summed E-state index contributed by atoms with van der Waals surface area (Å²) in [5.74, 6) is -0.0276. The summed E-state index contributed by atoms with van der Waals surface area (Å²) in [6.07, 6.45) is 4.03. The molecule has 5 heteroatoms. The van der Waals surface area contributed by atoms with E-state index in [1.807, 2.05) is 20.8 Å². The van der Waals surface area contributed by atoms with Crippen LogP contribution in [0.15, 0.2) is 0 Å². The predicted molar refractivity (Wildman–Crippen MR) is 83.2 cm³/mol. The summed E-state index contributed by atoms with van der Waals surface area (Å²) in [6, 6.07) is 0. The Hall–Kier alpha value is -0.680. The first-order valence-electron chi connectivity index (χ1n) is 7.21. The Morgan fingerprint density at radius 1 is 1.26 bits per heavy atom. The summed E-state index contributed by atoms with van der Waals surface area (Å²) in [5, 5.41) is 2.95. The maximum atomic E-state index is 12.4. The van der Waals surface area contributed by atoms with Crippen LogP contribution in [0.1, 0.15) is 52.9 Å². The lowest BCUT2D eigenvalue weighted by molar-refractivity contribution is -0.128. The molecule has 0 unspecified atom stereocenters. The summed E-state index contributed by atoms with van der Waals surface area (Å²) in [4.78, 5) is 12.7. The number of ether oxygens (including phenoxy) is 1. The Morgan fingerprint density at radius 3 is 2.26 bits per heavy atom. The van der Waals surface area contributed by atoms with Gasteiger partial charge in [-0.25, -0.2) is 0 Å². The monoisotopic (exact) mass is 288 g/mol. The highest BCUT2D eigenvalue weighted by molar-refractivity contribution is 7.80. The van der Waals surface area contributed by atoms with Crippen molar-refractivity contribution in [1.82, 2.24) is 5.32 Å². The SMILES string of the molecule is CCCC(CCC)(C(=O)NCCCOCC)C(N)=S. The topological polar surface area (TPSA) is 64.3 Å². The molecule has 4 nitrogen and oxygen atoms in total. The first-order chi connectivity index (χ1) is 9.05. The molecule has 0 aromatic heterocycles. The molecule has 3 N–H and O–H groups in total. The van der Waals surface area contributed by atoms with Crippen LogP contribution >= 0.6 is 12.2 Å². The maximum absolute atomic E-state index is 12.4. The lowest BCUT2D eigenvalue weighted by Gasteiger charge is -2.31. The van der Waals surface area contributed by atoms with Crippen LogP contribution in [0.3, 0.4) is 0 Å². The third-order valence-electron chi connectivity index (χ3n) is 3.21. The quantitative estimate of drug-likeness (QED) is 0.453. The van der Waals surface area contributed by atoms with E-state index in [0.717, 1.165) is 19.3 Å². The standard InChI is InChI=1S/C14H28N2O2S/c1-4-8-14(9-5-2,12(15)19)13(17)16-10-7-11-18-6-3/h4-11H2,1-3H3,(H2,15,19)(H,16,17). The van der Waals surface area contributed by atoms with Gasteiger partial charge in [-0.1, -0.05) is 38.9 Å². The Kier molecular flexibility index (Phi) is 9.79. The Balaban J connectivity index is 4.49. The van der Waals surface area contributed by atoms with E-state index in [0.29, 0.717) is 37.6 Å². The van der Waals surface area contributed by atoms with Crippen molar-refractivity contribution in [1.29, 1.82) is 0 Å². The lowest BCUT2D eigenvalue weighted by Crippen LogP contribution is -2.49. The zero-order chi connectivity index (χ0) is 14.7. The van der Waals surface area contributed by atoms with Gasteiger partial charge in [-0.05, 0) is 26.2 Å². The molecular formula is C14H28N2O2S. The number of rotatable bonds is 11. The maximum Gasteiger partial charge on any atom is 0.233 e. The van der Waals surface area contributed by atoms with Crippen LogP contribution in [-0.2, 0) is 9.53 Å². The average Bonchev–Trinajstić information content (AvgIpc) is 2.37. The third kappa shape index (κ3) is 5.87. The smallest absolute Gasteiger partial charge is 0.233 e. The largest absolute Gasteiger partial charge is 0.392 e. The molecule has 0 saturated carbocycles. The number of hydrogen-bond acceptors (Lipinski definition) is 3. The highest BCUT2D eigenvalue weighted by Crippen LogP contribution is 2.30. The fourth-order valence-electron chi connectivity index (χ4n) is 2.25. The number of hydrogen-bond donors (Lipinski definition) is 2. The second-order valence-corrected chi connectivity index (χ2v) is 5.19. The molecule has 1 amide bonds. The molecule has 0 aliphatic carbocycles. The number of amides is 1. The van der Waals surface area contributed by atoms with E-state index in [4.69, 9.17) is 22.7 Å². The Bertz CT molecular complexity index is 277. The van der Waals surface area contributed by atoms with Gasteiger partial charge in [0.1, 0.15) is 0 Å². The van der Waals surface area contributed by atoms with Crippen LogP contribution in [0, 0.1) is 5.41 Å². The van der Waals surface area contributed by atoms with Crippen molar-refractivity contribution < 1.29 is 9.53 Å². The second kappa shape index (κ2) is 10.1. The van der Waals surface area contributed by atoms with Gasteiger partial charge in [0, 0.05) is 19.8 Å². The van der Waals surface area contributed by atoms with E-state index >= 15 is 0 Å². The highest BCUT2D eigenvalue weighted by atomic mass is 32.1. The van der Waals surface area contributed by atoms with Gasteiger partial charge in [0.25, 0.3) is 0 Å². The van der Waals surface area contributed by atoms with Crippen LogP contribution in [0.5, 0.6) is 0 Å². The summed E-state index contributed by atoms with van der Waals surface area (Å²) in [7, 11) is 0. The Labute approximate surface area is 122 Å². The average molecular weight is 288 g/mol.